The van der Waals surface area contributed by atoms with Crippen LogP contribution in [0.2, 0.25) is 5.02 Å². The second kappa shape index (κ2) is 7.25. The van der Waals surface area contributed by atoms with Crippen molar-refractivity contribution in [1.29, 1.82) is 0 Å². The molecule has 21 heavy (non-hydrogen) atoms. The Labute approximate surface area is 130 Å². The first-order valence-electron chi connectivity index (χ1n) is 7.28. The van der Waals surface area contributed by atoms with E-state index in [1.165, 1.54) is 0 Å². The molecule has 5 heteroatoms. The molecule has 0 aliphatic carbocycles. The highest BCUT2D eigenvalue weighted by Crippen LogP contribution is 2.19. The molecule has 3 unspecified atom stereocenters. The molecule has 0 radical (unpaired) electrons. The van der Waals surface area contributed by atoms with E-state index in [0.717, 1.165) is 5.56 Å². The number of nitrogens with zero attached hydrogens (tertiary/aromatic N) is 1. The van der Waals surface area contributed by atoms with Gasteiger partial charge in [-0.3, -0.25) is 4.79 Å². The zero-order valence-electron chi connectivity index (χ0n) is 12.5. The van der Waals surface area contributed by atoms with E-state index in [4.69, 9.17) is 16.3 Å². The monoisotopic (exact) mass is 311 g/mol. The van der Waals surface area contributed by atoms with Crippen LogP contribution in [0.1, 0.15) is 19.4 Å². The summed E-state index contributed by atoms with van der Waals surface area (Å²) in [7, 11) is 0. The number of carbonyl (C=O) groups is 1. The van der Waals surface area contributed by atoms with Crippen molar-refractivity contribution in [2.45, 2.75) is 32.4 Å². The van der Waals surface area contributed by atoms with Gasteiger partial charge in [0.1, 0.15) is 0 Å². The molecule has 1 aliphatic heterocycles. The number of rotatable bonds is 4. The summed E-state index contributed by atoms with van der Waals surface area (Å²) in [5.41, 5.74) is 1.06. The molecular formula is C16H22ClNO3. The molecule has 1 fully saturated rings. The summed E-state index contributed by atoms with van der Waals surface area (Å²) in [6, 6.07) is 7.64. The molecule has 116 valence electrons. The van der Waals surface area contributed by atoms with Crippen LogP contribution in [0.4, 0.5) is 0 Å². The Morgan fingerprint density at radius 1 is 1.57 bits per heavy atom. The van der Waals surface area contributed by atoms with Crippen LogP contribution in [0.25, 0.3) is 0 Å². The van der Waals surface area contributed by atoms with Gasteiger partial charge in [-0.05, 0) is 31.0 Å². The first-order valence-corrected chi connectivity index (χ1v) is 7.66. The van der Waals surface area contributed by atoms with Crippen molar-refractivity contribution in [3.63, 3.8) is 0 Å². The van der Waals surface area contributed by atoms with E-state index in [-0.39, 0.29) is 30.6 Å². The first kappa shape index (κ1) is 16.3. The van der Waals surface area contributed by atoms with Gasteiger partial charge < -0.3 is 14.7 Å². The molecule has 0 spiro atoms. The van der Waals surface area contributed by atoms with E-state index in [0.29, 0.717) is 24.6 Å². The Hall–Kier alpha value is -1.10. The molecular weight excluding hydrogens is 290 g/mol. The average molecular weight is 312 g/mol. The van der Waals surface area contributed by atoms with Gasteiger partial charge in [-0.15, -0.1) is 0 Å². The zero-order valence-corrected chi connectivity index (χ0v) is 13.2. The van der Waals surface area contributed by atoms with Crippen molar-refractivity contribution in [3.05, 3.63) is 34.9 Å². The standard InChI is InChI=1S/C16H22ClNO3/c1-11(6-13-4-3-5-14(17)7-13)16(20)18-8-15(9-19)21-10-12(18)2/h3-5,7,11-12,15,19H,6,8-10H2,1-2H3. The zero-order chi connectivity index (χ0) is 15.4. The van der Waals surface area contributed by atoms with Crippen LogP contribution in [-0.4, -0.2) is 47.8 Å². The number of aliphatic hydroxyl groups excluding tert-OH is 1. The fourth-order valence-electron chi connectivity index (χ4n) is 2.62. The molecule has 0 saturated carbocycles. The molecule has 1 N–H and O–H groups in total. The van der Waals surface area contributed by atoms with Crippen molar-refractivity contribution in [1.82, 2.24) is 4.90 Å². The molecule has 1 heterocycles. The molecule has 1 aliphatic rings. The number of amides is 1. The Morgan fingerprint density at radius 3 is 3.00 bits per heavy atom. The number of aliphatic hydroxyl groups is 1. The van der Waals surface area contributed by atoms with Gasteiger partial charge in [-0.1, -0.05) is 30.7 Å². The lowest BCUT2D eigenvalue weighted by molar-refractivity contribution is -0.149. The predicted octanol–water partition coefficient (Wildman–Crippen LogP) is 2.13. The van der Waals surface area contributed by atoms with E-state index < -0.39 is 0 Å². The van der Waals surface area contributed by atoms with Crippen molar-refractivity contribution < 1.29 is 14.6 Å². The van der Waals surface area contributed by atoms with Crippen LogP contribution >= 0.6 is 11.6 Å². The van der Waals surface area contributed by atoms with Gasteiger partial charge in [0.2, 0.25) is 5.91 Å². The fraction of sp³-hybridized carbons (Fsp3) is 0.562. The predicted molar refractivity (Wildman–Crippen MR) is 82.3 cm³/mol. The Morgan fingerprint density at radius 2 is 2.33 bits per heavy atom. The lowest BCUT2D eigenvalue weighted by Crippen LogP contribution is -2.53. The van der Waals surface area contributed by atoms with Crippen molar-refractivity contribution in [2.24, 2.45) is 5.92 Å². The smallest absolute Gasteiger partial charge is 0.226 e. The number of halogens is 1. The van der Waals surface area contributed by atoms with Crippen LogP contribution in [0, 0.1) is 5.92 Å². The van der Waals surface area contributed by atoms with E-state index in [2.05, 4.69) is 0 Å². The van der Waals surface area contributed by atoms with Crippen LogP contribution in [0.5, 0.6) is 0 Å². The first-order chi connectivity index (χ1) is 10.0. The van der Waals surface area contributed by atoms with Crippen molar-refractivity contribution >= 4 is 17.5 Å². The number of hydrogen-bond donors (Lipinski definition) is 1. The van der Waals surface area contributed by atoms with Crippen LogP contribution in [0.15, 0.2) is 24.3 Å². The van der Waals surface area contributed by atoms with E-state index in [1.807, 2.05) is 43.0 Å². The third-order valence-electron chi connectivity index (χ3n) is 3.84. The summed E-state index contributed by atoms with van der Waals surface area (Å²) in [6.07, 6.45) is 0.385. The molecule has 3 atom stereocenters. The molecule has 1 aromatic carbocycles. The lowest BCUT2D eigenvalue weighted by atomic mass is 9.98. The maximum atomic E-state index is 12.6. The topological polar surface area (TPSA) is 49.8 Å². The Balaban J connectivity index is 2.00. The summed E-state index contributed by atoms with van der Waals surface area (Å²) in [5.74, 6) is -0.0208. The van der Waals surface area contributed by atoms with Gasteiger partial charge in [0, 0.05) is 17.5 Å². The molecule has 2 rings (SSSR count). The number of ether oxygens (including phenoxy) is 1. The van der Waals surface area contributed by atoms with Gasteiger partial charge in [0.25, 0.3) is 0 Å². The minimum atomic E-state index is -0.275. The third kappa shape index (κ3) is 4.19. The Bertz CT molecular complexity index is 494. The number of morpholine rings is 1. The summed E-state index contributed by atoms with van der Waals surface area (Å²) in [6.45, 7) is 4.77. The third-order valence-corrected chi connectivity index (χ3v) is 4.08. The number of carbonyl (C=O) groups excluding carboxylic acids is 1. The SMILES string of the molecule is CC(Cc1cccc(Cl)c1)C(=O)N1CC(CO)OCC1C. The highest BCUT2D eigenvalue weighted by molar-refractivity contribution is 6.30. The number of benzene rings is 1. The largest absolute Gasteiger partial charge is 0.394 e. The summed E-state index contributed by atoms with van der Waals surface area (Å²) in [4.78, 5) is 14.4. The Kier molecular flexibility index (Phi) is 5.62. The fourth-order valence-corrected chi connectivity index (χ4v) is 2.84. The second-order valence-electron chi connectivity index (χ2n) is 5.71. The van der Waals surface area contributed by atoms with Crippen LogP contribution in [0.3, 0.4) is 0 Å². The average Bonchev–Trinajstić information content (AvgIpc) is 2.47. The van der Waals surface area contributed by atoms with E-state index in [9.17, 15) is 9.90 Å². The minimum absolute atomic E-state index is 0.0436. The van der Waals surface area contributed by atoms with Gasteiger partial charge in [0.15, 0.2) is 0 Å². The van der Waals surface area contributed by atoms with Gasteiger partial charge >= 0.3 is 0 Å². The molecule has 4 nitrogen and oxygen atoms in total. The second-order valence-corrected chi connectivity index (χ2v) is 6.15. The molecule has 0 aromatic heterocycles. The van der Waals surface area contributed by atoms with E-state index in [1.54, 1.807) is 0 Å². The highest BCUT2D eigenvalue weighted by Gasteiger charge is 2.31. The lowest BCUT2D eigenvalue weighted by Gasteiger charge is -2.38. The van der Waals surface area contributed by atoms with Crippen molar-refractivity contribution in [3.8, 4) is 0 Å². The van der Waals surface area contributed by atoms with Crippen molar-refractivity contribution in [2.75, 3.05) is 19.8 Å². The number of hydrogen-bond acceptors (Lipinski definition) is 3. The summed E-state index contributed by atoms with van der Waals surface area (Å²) >= 11 is 5.98. The molecule has 1 aromatic rings. The quantitative estimate of drug-likeness (QED) is 0.926. The summed E-state index contributed by atoms with van der Waals surface area (Å²) < 4.78 is 5.47. The van der Waals surface area contributed by atoms with Gasteiger partial charge in [0.05, 0.1) is 25.4 Å². The minimum Gasteiger partial charge on any atom is -0.394 e. The van der Waals surface area contributed by atoms with E-state index >= 15 is 0 Å². The molecule has 1 saturated heterocycles. The summed E-state index contributed by atoms with van der Waals surface area (Å²) in [5, 5.41) is 9.89. The molecule has 0 bridgehead atoms. The maximum Gasteiger partial charge on any atom is 0.226 e. The van der Waals surface area contributed by atoms with Gasteiger partial charge in [-0.2, -0.15) is 0 Å². The highest BCUT2D eigenvalue weighted by atomic mass is 35.5. The maximum absolute atomic E-state index is 12.6. The van der Waals surface area contributed by atoms with Crippen LogP contribution < -0.4 is 0 Å². The van der Waals surface area contributed by atoms with Crippen LogP contribution in [-0.2, 0) is 16.0 Å². The normalized spacial score (nSPS) is 23.9. The van der Waals surface area contributed by atoms with Gasteiger partial charge in [-0.25, -0.2) is 0 Å². The molecule has 1 amide bonds.